The molecule has 0 aliphatic rings. The highest BCUT2D eigenvalue weighted by molar-refractivity contribution is 9.10. The van der Waals surface area contributed by atoms with Gasteiger partial charge in [-0.25, -0.2) is 4.39 Å². The molecule has 0 amide bonds. The van der Waals surface area contributed by atoms with Gasteiger partial charge in [0.15, 0.2) is 0 Å². The molecule has 112 valence electrons. The van der Waals surface area contributed by atoms with Gasteiger partial charge in [0.05, 0.1) is 12.1 Å². The van der Waals surface area contributed by atoms with E-state index in [0.717, 1.165) is 11.3 Å². The molecule has 2 rings (SSSR count). The minimum atomic E-state index is -0.395. The summed E-state index contributed by atoms with van der Waals surface area (Å²) in [6.07, 6.45) is 0.641. The molecule has 1 atom stereocenters. The predicted molar refractivity (Wildman–Crippen MR) is 87.6 cm³/mol. The summed E-state index contributed by atoms with van der Waals surface area (Å²) in [7, 11) is 3.43. The average Bonchev–Trinajstić information content (AvgIpc) is 2.51. The number of hydrogen-bond donors (Lipinski definition) is 1. The van der Waals surface area contributed by atoms with E-state index in [1.165, 1.54) is 0 Å². The van der Waals surface area contributed by atoms with Crippen LogP contribution in [0.5, 0.6) is 5.75 Å². The summed E-state index contributed by atoms with van der Waals surface area (Å²) < 4.78 is 20.1. The minimum absolute atomic E-state index is 0.110. The summed E-state index contributed by atoms with van der Waals surface area (Å²) in [4.78, 5) is 0. The Morgan fingerprint density at radius 2 is 2.10 bits per heavy atom. The quantitative estimate of drug-likeness (QED) is 0.765. The normalized spacial score (nSPS) is 12.2. The van der Waals surface area contributed by atoms with Crippen molar-refractivity contribution < 1.29 is 9.13 Å². The van der Waals surface area contributed by atoms with E-state index in [1.54, 1.807) is 26.3 Å². The second-order valence-electron chi connectivity index (χ2n) is 4.66. The molecule has 2 nitrogen and oxygen atoms in total. The second kappa shape index (κ2) is 7.25. The Morgan fingerprint density at radius 3 is 2.76 bits per heavy atom. The lowest BCUT2D eigenvalue weighted by molar-refractivity contribution is 0.414. The van der Waals surface area contributed by atoms with Gasteiger partial charge < -0.3 is 10.1 Å². The van der Waals surface area contributed by atoms with Gasteiger partial charge in [0.2, 0.25) is 0 Å². The van der Waals surface area contributed by atoms with Crippen molar-refractivity contribution in [1.29, 1.82) is 0 Å². The molecule has 1 unspecified atom stereocenters. The molecule has 0 saturated heterocycles. The van der Waals surface area contributed by atoms with Gasteiger partial charge in [-0.05, 0) is 53.2 Å². The van der Waals surface area contributed by atoms with Crippen LogP contribution in [-0.2, 0) is 6.42 Å². The highest BCUT2D eigenvalue weighted by Gasteiger charge is 2.18. The Bertz CT molecular complexity index is 636. The molecule has 0 spiro atoms. The number of likely N-dealkylation sites (N-methyl/N-ethyl adjacent to an activating group) is 1. The van der Waals surface area contributed by atoms with E-state index in [9.17, 15) is 4.39 Å². The van der Waals surface area contributed by atoms with Gasteiger partial charge >= 0.3 is 0 Å². The van der Waals surface area contributed by atoms with Gasteiger partial charge in [-0.1, -0.05) is 29.8 Å². The minimum Gasteiger partial charge on any atom is -0.497 e. The first-order chi connectivity index (χ1) is 10.1. The monoisotopic (exact) mass is 371 g/mol. The zero-order valence-corrected chi connectivity index (χ0v) is 14.1. The van der Waals surface area contributed by atoms with Crippen molar-refractivity contribution in [2.75, 3.05) is 14.2 Å². The highest BCUT2D eigenvalue weighted by Crippen LogP contribution is 2.31. The lowest BCUT2D eigenvalue weighted by Gasteiger charge is -2.19. The Labute approximate surface area is 137 Å². The second-order valence-corrected chi connectivity index (χ2v) is 5.89. The Balaban J connectivity index is 2.30. The van der Waals surface area contributed by atoms with Gasteiger partial charge in [0, 0.05) is 16.1 Å². The maximum atomic E-state index is 14.3. The summed E-state index contributed by atoms with van der Waals surface area (Å²) in [5.74, 6) is 0.393. The largest absolute Gasteiger partial charge is 0.497 e. The van der Waals surface area contributed by atoms with Crippen molar-refractivity contribution in [2.24, 2.45) is 0 Å². The third kappa shape index (κ3) is 3.76. The topological polar surface area (TPSA) is 21.3 Å². The average molecular weight is 373 g/mol. The van der Waals surface area contributed by atoms with E-state index in [1.807, 2.05) is 24.3 Å². The SMILES string of the molecule is CNC(Cc1cccc(OC)c1)c1ccc(Br)c(Cl)c1F. The zero-order chi connectivity index (χ0) is 15.4. The number of ether oxygens (including phenoxy) is 1. The third-order valence-electron chi connectivity index (χ3n) is 3.36. The predicted octanol–water partition coefficient (Wildman–Crippen LogP) is 4.75. The molecule has 0 bridgehead atoms. The fourth-order valence-electron chi connectivity index (χ4n) is 2.21. The molecular formula is C16H16BrClFNO. The smallest absolute Gasteiger partial charge is 0.147 e. The number of rotatable bonds is 5. The summed E-state index contributed by atoms with van der Waals surface area (Å²) in [5, 5.41) is 3.25. The summed E-state index contributed by atoms with van der Waals surface area (Å²) in [5.41, 5.74) is 1.61. The maximum absolute atomic E-state index is 14.3. The van der Waals surface area contributed by atoms with E-state index in [2.05, 4.69) is 21.2 Å². The van der Waals surface area contributed by atoms with Crippen LogP contribution in [0.3, 0.4) is 0 Å². The van der Waals surface area contributed by atoms with Crippen LogP contribution in [-0.4, -0.2) is 14.2 Å². The van der Waals surface area contributed by atoms with Crippen LogP contribution < -0.4 is 10.1 Å². The van der Waals surface area contributed by atoms with Crippen LogP contribution in [0.1, 0.15) is 17.2 Å². The Kier molecular flexibility index (Phi) is 5.62. The Hall–Kier alpha value is -1.10. The first kappa shape index (κ1) is 16.3. The van der Waals surface area contributed by atoms with Gasteiger partial charge in [0.1, 0.15) is 11.6 Å². The van der Waals surface area contributed by atoms with Crippen molar-refractivity contribution >= 4 is 27.5 Å². The number of hydrogen-bond acceptors (Lipinski definition) is 2. The van der Waals surface area contributed by atoms with Crippen molar-refractivity contribution in [1.82, 2.24) is 5.32 Å². The number of benzene rings is 2. The van der Waals surface area contributed by atoms with Crippen molar-refractivity contribution in [3.8, 4) is 5.75 Å². The van der Waals surface area contributed by atoms with E-state index in [0.29, 0.717) is 16.5 Å². The molecule has 0 aliphatic carbocycles. The van der Waals surface area contributed by atoms with Crippen LogP contribution in [0.2, 0.25) is 5.02 Å². The summed E-state index contributed by atoms with van der Waals surface area (Å²) in [6, 6.07) is 11.1. The van der Waals surface area contributed by atoms with Crippen molar-refractivity contribution in [3.05, 3.63) is 62.8 Å². The molecule has 0 aromatic heterocycles. The molecule has 21 heavy (non-hydrogen) atoms. The molecule has 0 saturated carbocycles. The van der Waals surface area contributed by atoms with Crippen LogP contribution in [0.25, 0.3) is 0 Å². The number of methoxy groups -OCH3 is 1. The zero-order valence-electron chi connectivity index (χ0n) is 11.8. The van der Waals surface area contributed by atoms with E-state index < -0.39 is 5.82 Å². The molecule has 0 fully saturated rings. The first-order valence-electron chi connectivity index (χ1n) is 6.50. The molecule has 2 aromatic carbocycles. The Morgan fingerprint density at radius 1 is 1.33 bits per heavy atom. The molecule has 1 N–H and O–H groups in total. The fraction of sp³-hybridized carbons (Fsp3) is 0.250. The lowest BCUT2D eigenvalue weighted by Crippen LogP contribution is -2.20. The van der Waals surface area contributed by atoms with Gasteiger partial charge in [0.25, 0.3) is 0 Å². The van der Waals surface area contributed by atoms with Crippen LogP contribution in [0.4, 0.5) is 4.39 Å². The highest BCUT2D eigenvalue weighted by atomic mass is 79.9. The third-order valence-corrected chi connectivity index (χ3v) is 4.62. The van der Waals surface area contributed by atoms with Crippen LogP contribution in [0.15, 0.2) is 40.9 Å². The van der Waals surface area contributed by atoms with E-state index in [-0.39, 0.29) is 11.1 Å². The molecular weight excluding hydrogens is 357 g/mol. The van der Waals surface area contributed by atoms with E-state index >= 15 is 0 Å². The first-order valence-corrected chi connectivity index (χ1v) is 7.67. The fourth-order valence-corrected chi connectivity index (χ4v) is 2.69. The summed E-state index contributed by atoms with van der Waals surface area (Å²) in [6.45, 7) is 0. The molecule has 5 heteroatoms. The van der Waals surface area contributed by atoms with Crippen molar-refractivity contribution in [3.63, 3.8) is 0 Å². The molecule has 2 aromatic rings. The van der Waals surface area contributed by atoms with Crippen molar-refractivity contribution in [2.45, 2.75) is 12.5 Å². The molecule has 0 heterocycles. The number of halogens is 3. The van der Waals surface area contributed by atoms with Gasteiger partial charge in [-0.3, -0.25) is 0 Å². The van der Waals surface area contributed by atoms with Crippen LogP contribution in [0, 0.1) is 5.82 Å². The standard InChI is InChI=1S/C16H16BrClFNO/c1-20-14(9-10-4-3-5-11(8-10)21-2)12-6-7-13(17)15(18)16(12)19/h3-8,14,20H,9H2,1-2H3. The van der Waals surface area contributed by atoms with Gasteiger partial charge in [-0.2, -0.15) is 0 Å². The summed E-state index contributed by atoms with van der Waals surface area (Å²) >= 11 is 9.19. The van der Waals surface area contributed by atoms with E-state index in [4.69, 9.17) is 16.3 Å². The maximum Gasteiger partial charge on any atom is 0.147 e. The lowest BCUT2D eigenvalue weighted by atomic mass is 9.98. The van der Waals surface area contributed by atoms with Gasteiger partial charge in [-0.15, -0.1) is 0 Å². The molecule has 0 radical (unpaired) electrons. The number of nitrogens with one attached hydrogen (secondary N) is 1. The molecule has 0 aliphatic heterocycles. The van der Waals surface area contributed by atoms with Crippen LogP contribution >= 0.6 is 27.5 Å².